The molecule has 1 saturated carbocycles. The molecule has 1 aliphatic carbocycles. The van der Waals surface area contributed by atoms with Gasteiger partial charge in [-0.25, -0.2) is 15.0 Å². The summed E-state index contributed by atoms with van der Waals surface area (Å²) in [6.07, 6.45) is 3.66. The van der Waals surface area contributed by atoms with E-state index in [0.29, 0.717) is 36.0 Å². The van der Waals surface area contributed by atoms with Gasteiger partial charge in [0.2, 0.25) is 5.82 Å². The first kappa shape index (κ1) is 23.7. The lowest BCUT2D eigenvalue weighted by atomic mass is 9.85. The molecule has 0 unspecified atom stereocenters. The molecule has 35 heavy (non-hydrogen) atoms. The van der Waals surface area contributed by atoms with Gasteiger partial charge in [-0.1, -0.05) is 6.42 Å². The molecule has 2 fully saturated rings. The number of benzene rings is 1. The minimum Gasteiger partial charge on any atom is -0.488 e. The normalized spacial score (nSPS) is 18.3. The van der Waals surface area contributed by atoms with Crippen molar-refractivity contribution < 1.29 is 27.4 Å². The fourth-order valence-corrected chi connectivity index (χ4v) is 4.97. The second-order valence-corrected chi connectivity index (χ2v) is 9.70. The predicted octanol–water partition coefficient (Wildman–Crippen LogP) is 4.98. The van der Waals surface area contributed by atoms with Crippen molar-refractivity contribution in [3.05, 3.63) is 58.6 Å². The van der Waals surface area contributed by atoms with Crippen LogP contribution in [0.2, 0.25) is 0 Å². The van der Waals surface area contributed by atoms with Gasteiger partial charge < -0.3 is 14.8 Å². The van der Waals surface area contributed by atoms with E-state index in [2.05, 4.69) is 20.3 Å². The van der Waals surface area contributed by atoms with E-state index >= 15 is 0 Å². The summed E-state index contributed by atoms with van der Waals surface area (Å²) in [7, 11) is 0. The van der Waals surface area contributed by atoms with E-state index in [-0.39, 0.29) is 12.6 Å². The van der Waals surface area contributed by atoms with E-state index in [1.807, 2.05) is 12.3 Å². The van der Waals surface area contributed by atoms with E-state index in [1.54, 1.807) is 23.5 Å². The minimum atomic E-state index is -4.61. The molecule has 1 amide bonds. The standard InChI is InChI=1S/C24H23F3N4O3S/c25-24(26,27)23-30-10-14(11-31-23)9-28-21(32)16-6-17(8-19(7-16)34-18-4-5-33-13-18)22-29-12-20(35-22)15-2-1-3-15/h6-8,10-12,15,18H,1-5,9,13H2,(H,28,32)/t18-/m0/s1. The Bertz CT molecular complexity index is 1190. The van der Waals surface area contributed by atoms with Gasteiger partial charge in [0, 0.05) is 53.1 Å². The van der Waals surface area contributed by atoms with E-state index in [0.717, 1.165) is 29.4 Å². The first-order valence-corrected chi connectivity index (χ1v) is 12.2. The van der Waals surface area contributed by atoms with Gasteiger partial charge in [0.05, 0.1) is 13.2 Å². The van der Waals surface area contributed by atoms with Gasteiger partial charge in [0.25, 0.3) is 5.91 Å². The average molecular weight is 505 g/mol. The topological polar surface area (TPSA) is 86.2 Å². The molecule has 5 rings (SSSR count). The molecule has 0 spiro atoms. The van der Waals surface area contributed by atoms with Gasteiger partial charge in [0.1, 0.15) is 16.9 Å². The van der Waals surface area contributed by atoms with Crippen LogP contribution >= 0.6 is 11.3 Å². The summed E-state index contributed by atoms with van der Waals surface area (Å²) >= 11 is 1.62. The monoisotopic (exact) mass is 504 g/mol. The summed E-state index contributed by atoms with van der Waals surface area (Å²) in [4.78, 5) is 25.4. The number of nitrogens with zero attached hydrogens (tertiary/aromatic N) is 3. The highest BCUT2D eigenvalue weighted by Gasteiger charge is 2.34. The Morgan fingerprint density at radius 2 is 1.91 bits per heavy atom. The molecule has 11 heteroatoms. The summed E-state index contributed by atoms with van der Waals surface area (Å²) in [6, 6.07) is 5.28. The van der Waals surface area contributed by atoms with E-state index in [4.69, 9.17) is 9.47 Å². The van der Waals surface area contributed by atoms with Gasteiger partial charge >= 0.3 is 6.18 Å². The van der Waals surface area contributed by atoms with Crippen LogP contribution in [0.4, 0.5) is 13.2 Å². The molecular weight excluding hydrogens is 481 g/mol. The summed E-state index contributed by atoms with van der Waals surface area (Å²) in [5, 5.41) is 3.53. The number of alkyl halides is 3. The zero-order chi connectivity index (χ0) is 24.4. The Kier molecular flexibility index (Phi) is 6.70. The number of hydrogen-bond donors (Lipinski definition) is 1. The largest absolute Gasteiger partial charge is 0.488 e. The number of nitrogens with one attached hydrogen (secondary N) is 1. The SMILES string of the molecule is O=C(NCc1cnc(C(F)(F)F)nc1)c1cc(O[C@H]2CCOC2)cc(-c2ncc(C3CCC3)s2)c1. The fourth-order valence-electron chi connectivity index (χ4n) is 3.90. The van der Waals surface area contributed by atoms with Crippen LogP contribution in [0.5, 0.6) is 5.75 Å². The fraction of sp³-hybridized carbons (Fsp3) is 0.417. The van der Waals surface area contributed by atoms with Crippen molar-refractivity contribution in [1.29, 1.82) is 0 Å². The quantitative estimate of drug-likeness (QED) is 0.488. The van der Waals surface area contributed by atoms with Gasteiger partial charge in [0.15, 0.2) is 0 Å². The third kappa shape index (κ3) is 5.62. The molecule has 184 valence electrons. The van der Waals surface area contributed by atoms with Crippen LogP contribution in [0.3, 0.4) is 0 Å². The molecule has 1 atom stereocenters. The second-order valence-electron chi connectivity index (χ2n) is 8.64. The van der Waals surface area contributed by atoms with Crippen molar-refractivity contribution in [1.82, 2.24) is 20.3 Å². The van der Waals surface area contributed by atoms with Gasteiger partial charge in [-0.05, 0) is 37.0 Å². The number of amides is 1. The Morgan fingerprint density at radius 1 is 1.11 bits per heavy atom. The van der Waals surface area contributed by atoms with Crippen LogP contribution in [0.25, 0.3) is 10.6 Å². The highest BCUT2D eigenvalue weighted by atomic mass is 32.1. The predicted molar refractivity (Wildman–Crippen MR) is 122 cm³/mol. The molecule has 1 aromatic carbocycles. The lowest BCUT2D eigenvalue weighted by Crippen LogP contribution is -2.24. The van der Waals surface area contributed by atoms with Crippen LogP contribution in [0, 0.1) is 0 Å². The number of hydrogen-bond acceptors (Lipinski definition) is 7. The number of carbonyl (C=O) groups excluding carboxylic acids is 1. The van der Waals surface area contributed by atoms with Gasteiger partial charge in [-0.3, -0.25) is 4.79 Å². The van der Waals surface area contributed by atoms with Crippen molar-refractivity contribution in [3.63, 3.8) is 0 Å². The molecule has 1 aliphatic heterocycles. The number of ether oxygens (including phenoxy) is 2. The first-order chi connectivity index (χ1) is 16.8. The van der Waals surface area contributed by atoms with Crippen LogP contribution in [0.15, 0.2) is 36.8 Å². The molecule has 2 aromatic heterocycles. The Hall–Kier alpha value is -3.05. The smallest absolute Gasteiger partial charge is 0.451 e. The third-order valence-electron chi connectivity index (χ3n) is 6.05. The van der Waals surface area contributed by atoms with Crippen LogP contribution in [-0.2, 0) is 17.5 Å². The van der Waals surface area contributed by atoms with E-state index in [1.165, 1.54) is 24.1 Å². The van der Waals surface area contributed by atoms with Crippen LogP contribution in [0.1, 0.15) is 58.2 Å². The maximum absolute atomic E-state index is 13.0. The molecule has 0 radical (unpaired) electrons. The lowest BCUT2D eigenvalue weighted by molar-refractivity contribution is -0.145. The number of rotatable bonds is 7. The molecule has 1 saturated heterocycles. The highest BCUT2D eigenvalue weighted by molar-refractivity contribution is 7.15. The number of carbonyl (C=O) groups is 1. The van der Waals surface area contributed by atoms with Crippen molar-refractivity contribution in [2.75, 3.05) is 13.2 Å². The zero-order valence-electron chi connectivity index (χ0n) is 18.7. The van der Waals surface area contributed by atoms with E-state index < -0.39 is 17.9 Å². The van der Waals surface area contributed by atoms with Crippen molar-refractivity contribution >= 4 is 17.2 Å². The lowest BCUT2D eigenvalue weighted by Gasteiger charge is -2.23. The summed E-state index contributed by atoms with van der Waals surface area (Å²) < 4.78 is 49.5. The molecule has 2 aliphatic rings. The van der Waals surface area contributed by atoms with Crippen molar-refractivity contribution in [2.45, 2.75) is 50.4 Å². The van der Waals surface area contributed by atoms with Crippen molar-refractivity contribution in [2.24, 2.45) is 0 Å². The maximum Gasteiger partial charge on any atom is 0.451 e. The molecule has 3 heterocycles. The van der Waals surface area contributed by atoms with Gasteiger partial charge in [-0.15, -0.1) is 11.3 Å². The number of thiazole rings is 1. The number of aromatic nitrogens is 3. The zero-order valence-corrected chi connectivity index (χ0v) is 19.5. The Morgan fingerprint density at radius 3 is 2.57 bits per heavy atom. The maximum atomic E-state index is 13.0. The second kappa shape index (κ2) is 9.90. The Balaban J connectivity index is 1.34. The third-order valence-corrected chi connectivity index (χ3v) is 7.26. The minimum absolute atomic E-state index is 0.0169. The number of halogens is 3. The first-order valence-electron chi connectivity index (χ1n) is 11.4. The van der Waals surface area contributed by atoms with Crippen molar-refractivity contribution in [3.8, 4) is 16.3 Å². The van der Waals surface area contributed by atoms with Crippen LogP contribution < -0.4 is 10.1 Å². The van der Waals surface area contributed by atoms with Crippen LogP contribution in [-0.4, -0.2) is 40.2 Å². The van der Waals surface area contributed by atoms with Gasteiger partial charge in [-0.2, -0.15) is 13.2 Å². The molecule has 1 N–H and O–H groups in total. The average Bonchev–Trinajstić information content (AvgIpc) is 3.48. The molecule has 0 bridgehead atoms. The summed E-state index contributed by atoms with van der Waals surface area (Å²) in [5.41, 5.74) is 1.50. The molecule has 7 nitrogen and oxygen atoms in total. The molecule has 3 aromatic rings. The molecular formula is C24H23F3N4O3S. The highest BCUT2D eigenvalue weighted by Crippen LogP contribution is 2.41. The Labute approximate surface area is 203 Å². The summed E-state index contributed by atoms with van der Waals surface area (Å²) in [6.45, 7) is 1.10. The summed E-state index contributed by atoms with van der Waals surface area (Å²) in [5.74, 6) is -0.510. The van der Waals surface area contributed by atoms with E-state index in [9.17, 15) is 18.0 Å².